The Morgan fingerprint density at radius 2 is 1.90 bits per heavy atom. The first-order chi connectivity index (χ1) is 10.2. The molecule has 0 saturated heterocycles. The van der Waals surface area contributed by atoms with E-state index in [9.17, 15) is 4.79 Å². The van der Waals surface area contributed by atoms with Crippen LogP contribution in [0.25, 0.3) is 0 Å². The number of amides is 1. The third kappa shape index (κ3) is 3.00. The van der Waals surface area contributed by atoms with Gasteiger partial charge < -0.3 is 9.73 Å². The van der Waals surface area contributed by atoms with E-state index < -0.39 is 0 Å². The third-order valence-corrected chi connectivity index (χ3v) is 5.01. The molecule has 3 rings (SSSR count). The summed E-state index contributed by atoms with van der Waals surface area (Å²) in [6.45, 7) is 0.456. The smallest absolute Gasteiger partial charge is 0.231 e. The van der Waals surface area contributed by atoms with Gasteiger partial charge in [0.05, 0.1) is 18.2 Å². The predicted molar refractivity (Wildman–Crippen MR) is 89.9 cm³/mol. The highest BCUT2D eigenvalue weighted by Crippen LogP contribution is 2.41. The molecule has 3 nitrogen and oxygen atoms in total. The first-order valence-electron chi connectivity index (χ1n) is 7.27. The maximum atomic E-state index is 12.8. The van der Waals surface area contributed by atoms with E-state index in [0.29, 0.717) is 6.54 Å². The van der Waals surface area contributed by atoms with Gasteiger partial charge in [-0.2, -0.15) is 0 Å². The van der Waals surface area contributed by atoms with Gasteiger partial charge in [0.25, 0.3) is 0 Å². The van der Waals surface area contributed by atoms with Crippen molar-refractivity contribution in [2.45, 2.75) is 37.6 Å². The minimum atomic E-state index is -0.364. The highest BCUT2D eigenvalue weighted by atomic mass is 127. The second-order valence-corrected chi connectivity index (χ2v) is 6.80. The fourth-order valence-corrected chi connectivity index (χ4v) is 3.50. The van der Waals surface area contributed by atoms with Gasteiger partial charge >= 0.3 is 0 Å². The van der Waals surface area contributed by atoms with Gasteiger partial charge in [0.1, 0.15) is 5.76 Å². The quantitative estimate of drug-likeness (QED) is 0.795. The first-order valence-corrected chi connectivity index (χ1v) is 8.35. The molecule has 0 radical (unpaired) electrons. The standard InChI is InChI=1S/C17H18INO2/c18-14-7-5-13(6-8-14)17(9-1-2-10-17)16(20)19-12-15-4-3-11-21-15/h3-8,11H,1-2,9-10,12H2,(H,19,20). The molecule has 1 saturated carbocycles. The summed E-state index contributed by atoms with van der Waals surface area (Å²) in [6, 6.07) is 12.1. The molecular weight excluding hydrogens is 377 g/mol. The summed E-state index contributed by atoms with van der Waals surface area (Å²) < 4.78 is 6.48. The van der Waals surface area contributed by atoms with Crippen molar-refractivity contribution in [1.82, 2.24) is 5.32 Å². The minimum absolute atomic E-state index is 0.123. The van der Waals surface area contributed by atoms with Crippen molar-refractivity contribution in [3.8, 4) is 0 Å². The number of nitrogens with one attached hydrogen (secondary N) is 1. The van der Waals surface area contributed by atoms with Crippen LogP contribution in [-0.4, -0.2) is 5.91 Å². The van der Waals surface area contributed by atoms with Crippen LogP contribution in [0, 0.1) is 3.57 Å². The first kappa shape index (κ1) is 14.6. The molecule has 110 valence electrons. The van der Waals surface area contributed by atoms with Gasteiger partial charge in [-0.3, -0.25) is 4.79 Å². The zero-order valence-corrected chi connectivity index (χ0v) is 13.9. The molecule has 2 aromatic rings. The van der Waals surface area contributed by atoms with E-state index in [4.69, 9.17) is 4.42 Å². The Hall–Kier alpha value is -1.30. The van der Waals surface area contributed by atoms with Gasteiger partial charge in [0.15, 0.2) is 0 Å². The van der Waals surface area contributed by atoms with Crippen LogP contribution in [-0.2, 0) is 16.8 Å². The topological polar surface area (TPSA) is 42.2 Å². The Labute approximate surface area is 138 Å². The SMILES string of the molecule is O=C(NCc1ccco1)C1(c2ccc(I)cc2)CCCC1. The zero-order chi connectivity index (χ0) is 14.7. The van der Waals surface area contributed by atoms with Gasteiger partial charge in [-0.1, -0.05) is 25.0 Å². The third-order valence-electron chi connectivity index (χ3n) is 4.29. The second-order valence-electron chi connectivity index (χ2n) is 5.56. The second kappa shape index (κ2) is 6.22. The van der Waals surface area contributed by atoms with Crippen molar-refractivity contribution in [2.75, 3.05) is 0 Å². The highest BCUT2D eigenvalue weighted by Gasteiger charge is 2.42. The lowest BCUT2D eigenvalue weighted by atomic mass is 9.78. The van der Waals surface area contributed by atoms with Crippen molar-refractivity contribution in [1.29, 1.82) is 0 Å². The molecule has 1 aliphatic carbocycles. The number of furan rings is 1. The Morgan fingerprint density at radius 1 is 1.19 bits per heavy atom. The molecule has 1 aromatic heterocycles. The molecule has 0 spiro atoms. The van der Waals surface area contributed by atoms with Crippen molar-refractivity contribution in [2.24, 2.45) is 0 Å². The fraction of sp³-hybridized carbons (Fsp3) is 0.353. The summed E-state index contributed by atoms with van der Waals surface area (Å²) in [6.07, 6.45) is 5.71. The maximum Gasteiger partial charge on any atom is 0.231 e. The number of carbonyl (C=O) groups is 1. The van der Waals surface area contributed by atoms with Gasteiger partial charge in [0, 0.05) is 3.57 Å². The molecule has 0 unspecified atom stereocenters. The Balaban J connectivity index is 1.79. The molecule has 0 bridgehead atoms. The number of benzene rings is 1. The average molecular weight is 395 g/mol. The van der Waals surface area contributed by atoms with E-state index in [1.807, 2.05) is 12.1 Å². The molecule has 1 N–H and O–H groups in total. The minimum Gasteiger partial charge on any atom is -0.467 e. The number of carbonyl (C=O) groups excluding carboxylic acids is 1. The summed E-state index contributed by atoms with van der Waals surface area (Å²) in [5, 5.41) is 3.05. The molecule has 1 aromatic carbocycles. The highest BCUT2D eigenvalue weighted by molar-refractivity contribution is 14.1. The number of hydrogen-bond acceptors (Lipinski definition) is 2. The van der Waals surface area contributed by atoms with E-state index in [-0.39, 0.29) is 11.3 Å². The van der Waals surface area contributed by atoms with Gasteiger partial charge in [-0.15, -0.1) is 0 Å². The van der Waals surface area contributed by atoms with Crippen molar-refractivity contribution in [3.63, 3.8) is 0 Å². The molecule has 0 atom stereocenters. The summed E-state index contributed by atoms with van der Waals surface area (Å²) in [5.74, 6) is 0.914. The van der Waals surface area contributed by atoms with Crippen LogP contribution in [0.2, 0.25) is 0 Å². The van der Waals surface area contributed by atoms with Crippen molar-refractivity contribution < 1.29 is 9.21 Å². The maximum absolute atomic E-state index is 12.8. The molecule has 4 heteroatoms. The number of hydrogen-bond donors (Lipinski definition) is 1. The van der Waals surface area contributed by atoms with Gasteiger partial charge in [-0.25, -0.2) is 0 Å². The Bertz CT molecular complexity index is 598. The Kier molecular flexibility index (Phi) is 4.33. The lowest BCUT2D eigenvalue weighted by Crippen LogP contribution is -2.42. The van der Waals surface area contributed by atoms with Crippen LogP contribution < -0.4 is 5.32 Å². The van der Waals surface area contributed by atoms with Crippen LogP contribution in [0.3, 0.4) is 0 Å². The van der Waals surface area contributed by atoms with E-state index in [2.05, 4.69) is 52.2 Å². The van der Waals surface area contributed by atoms with Crippen LogP contribution in [0.15, 0.2) is 47.1 Å². The lowest BCUT2D eigenvalue weighted by Gasteiger charge is -2.28. The van der Waals surface area contributed by atoms with Crippen LogP contribution in [0.1, 0.15) is 37.0 Å². The summed E-state index contributed by atoms with van der Waals surface area (Å²) in [4.78, 5) is 12.8. The largest absolute Gasteiger partial charge is 0.467 e. The van der Waals surface area contributed by atoms with Gasteiger partial charge in [-0.05, 0) is 65.3 Å². The van der Waals surface area contributed by atoms with Crippen LogP contribution in [0.4, 0.5) is 0 Å². The van der Waals surface area contributed by atoms with Crippen molar-refractivity contribution in [3.05, 3.63) is 57.6 Å². The fourth-order valence-electron chi connectivity index (χ4n) is 3.14. The molecule has 1 amide bonds. The summed E-state index contributed by atoms with van der Waals surface area (Å²) >= 11 is 2.29. The molecule has 1 aliphatic rings. The molecule has 1 heterocycles. The van der Waals surface area contributed by atoms with Crippen LogP contribution in [0.5, 0.6) is 0 Å². The average Bonchev–Trinajstić information content (AvgIpc) is 3.17. The number of rotatable bonds is 4. The molecule has 21 heavy (non-hydrogen) atoms. The summed E-state index contributed by atoms with van der Waals surface area (Å²) in [5.41, 5.74) is 0.772. The molecule has 1 fully saturated rings. The molecular formula is C17H18INO2. The normalized spacial score (nSPS) is 16.8. The lowest BCUT2D eigenvalue weighted by molar-refractivity contribution is -0.126. The van der Waals surface area contributed by atoms with E-state index in [0.717, 1.165) is 37.0 Å². The zero-order valence-electron chi connectivity index (χ0n) is 11.8. The Morgan fingerprint density at radius 3 is 2.52 bits per heavy atom. The van der Waals surface area contributed by atoms with Crippen molar-refractivity contribution >= 4 is 28.5 Å². The number of halogens is 1. The van der Waals surface area contributed by atoms with Crippen LogP contribution >= 0.6 is 22.6 Å². The van der Waals surface area contributed by atoms with E-state index in [1.165, 1.54) is 3.57 Å². The summed E-state index contributed by atoms with van der Waals surface area (Å²) in [7, 11) is 0. The molecule has 0 aliphatic heterocycles. The van der Waals surface area contributed by atoms with Gasteiger partial charge in [0.2, 0.25) is 5.91 Å². The van der Waals surface area contributed by atoms with E-state index >= 15 is 0 Å². The predicted octanol–water partition coefficient (Wildman–Crippen LogP) is 4.01. The monoisotopic (exact) mass is 395 g/mol. The van der Waals surface area contributed by atoms with E-state index in [1.54, 1.807) is 6.26 Å².